The zero-order valence-corrected chi connectivity index (χ0v) is 16.4. The molecular weight excluding hydrogens is 338 g/mol. The first kappa shape index (κ1) is 19.2. The maximum atomic E-state index is 12.4. The Morgan fingerprint density at radius 3 is 2.44 bits per heavy atom. The first-order valence-corrected chi connectivity index (χ1v) is 9.67. The molecule has 1 fully saturated rings. The van der Waals surface area contributed by atoms with E-state index in [0.29, 0.717) is 5.75 Å². The van der Waals surface area contributed by atoms with Gasteiger partial charge in [0.2, 0.25) is 0 Å². The van der Waals surface area contributed by atoms with E-state index in [4.69, 9.17) is 4.74 Å². The van der Waals surface area contributed by atoms with Crippen molar-refractivity contribution in [2.45, 2.75) is 26.9 Å². The van der Waals surface area contributed by atoms with Gasteiger partial charge >= 0.3 is 0 Å². The first-order valence-electron chi connectivity index (χ1n) is 9.67. The third-order valence-electron chi connectivity index (χ3n) is 5.05. The highest BCUT2D eigenvalue weighted by Crippen LogP contribution is 2.25. The van der Waals surface area contributed by atoms with Gasteiger partial charge in [-0.1, -0.05) is 25.1 Å². The predicted octanol–water partition coefficient (Wildman–Crippen LogP) is 3.54. The molecule has 0 bridgehead atoms. The van der Waals surface area contributed by atoms with Crippen LogP contribution in [0.15, 0.2) is 48.5 Å². The zero-order chi connectivity index (χ0) is 19.2. The van der Waals surface area contributed by atoms with Crippen LogP contribution in [0.2, 0.25) is 0 Å². The van der Waals surface area contributed by atoms with E-state index in [1.54, 1.807) is 6.92 Å². The van der Waals surface area contributed by atoms with Gasteiger partial charge in [-0.2, -0.15) is 0 Å². The number of amides is 1. The molecule has 1 saturated heterocycles. The van der Waals surface area contributed by atoms with E-state index in [-0.39, 0.29) is 5.91 Å². The minimum absolute atomic E-state index is 0.150. The summed E-state index contributed by atoms with van der Waals surface area (Å²) in [6.45, 7) is 11.5. The van der Waals surface area contributed by atoms with Crippen LogP contribution in [0.5, 0.6) is 5.75 Å². The maximum absolute atomic E-state index is 12.4. The van der Waals surface area contributed by atoms with E-state index in [9.17, 15) is 4.79 Å². The van der Waals surface area contributed by atoms with Crippen LogP contribution >= 0.6 is 0 Å². The van der Waals surface area contributed by atoms with E-state index < -0.39 is 6.10 Å². The van der Waals surface area contributed by atoms with Gasteiger partial charge in [0.1, 0.15) is 5.75 Å². The normalized spacial score (nSPS) is 16.0. The SMILES string of the molecule is CCN1CCN(c2ccc(NC(=O)[C@H](C)Oc3ccccc3)cc2C)CC1. The lowest BCUT2D eigenvalue weighted by Crippen LogP contribution is -2.46. The number of carbonyl (C=O) groups is 1. The van der Waals surface area contributed by atoms with Crippen molar-refractivity contribution in [2.75, 3.05) is 42.9 Å². The van der Waals surface area contributed by atoms with E-state index in [2.05, 4.69) is 35.0 Å². The van der Waals surface area contributed by atoms with Crippen LogP contribution in [0.4, 0.5) is 11.4 Å². The largest absolute Gasteiger partial charge is 0.481 e. The fourth-order valence-corrected chi connectivity index (χ4v) is 3.39. The summed E-state index contributed by atoms with van der Waals surface area (Å²) in [5, 5.41) is 2.96. The highest BCUT2D eigenvalue weighted by Gasteiger charge is 2.18. The second-order valence-corrected chi connectivity index (χ2v) is 6.98. The molecule has 1 aliphatic rings. The van der Waals surface area contributed by atoms with Gasteiger partial charge in [0, 0.05) is 37.6 Å². The van der Waals surface area contributed by atoms with E-state index in [1.165, 1.54) is 11.3 Å². The van der Waals surface area contributed by atoms with Gasteiger partial charge < -0.3 is 19.9 Å². The number of benzene rings is 2. The minimum atomic E-state index is -0.561. The molecule has 0 aliphatic carbocycles. The molecule has 0 spiro atoms. The average Bonchev–Trinajstić information content (AvgIpc) is 2.69. The third-order valence-corrected chi connectivity index (χ3v) is 5.05. The van der Waals surface area contributed by atoms with Crippen LogP contribution in [0, 0.1) is 6.92 Å². The summed E-state index contributed by atoms with van der Waals surface area (Å²) in [5.74, 6) is 0.542. The van der Waals surface area contributed by atoms with Crippen LogP contribution < -0.4 is 15.0 Å². The summed E-state index contributed by atoms with van der Waals surface area (Å²) < 4.78 is 5.69. The summed E-state index contributed by atoms with van der Waals surface area (Å²) in [6, 6.07) is 15.5. The van der Waals surface area contributed by atoms with Gasteiger partial charge in [-0.25, -0.2) is 0 Å². The lowest BCUT2D eigenvalue weighted by Gasteiger charge is -2.36. The van der Waals surface area contributed by atoms with Gasteiger partial charge in [-0.3, -0.25) is 4.79 Å². The first-order chi connectivity index (χ1) is 13.1. The topological polar surface area (TPSA) is 44.8 Å². The van der Waals surface area contributed by atoms with Crippen molar-refractivity contribution < 1.29 is 9.53 Å². The van der Waals surface area contributed by atoms with Crippen molar-refractivity contribution >= 4 is 17.3 Å². The van der Waals surface area contributed by atoms with Gasteiger partial charge in [-0.05, 0) is 56.3 Å². The number of aryl methyl sites for hydroxylation is 1. The second-order valence-electron chi connectivity index (χ2n) is 6.98. The van der Waals surface area contributed by atoms with Crippen molar-refractivity contribution in [3.8, 4) is 5.75 Å². The van der Waals surface area contributed by atoms with E-state index in [0.717, 1.165) is 38.4 Å². The Labute approximate surface area is 161 Å². The van der Waals surface area contributed by atoms with Crippen molar-refractivity contribution in [1.29, 1.82) is 0 Å². The number of rotatable bonds is 6. The fraction of sp³-hybridized carbons (Fsp3) is 0.409. The lowest BCUT2D eigenvalue weighted by molar-refractivity contribution is -0.122. The monoisotopic (exact) mass is 367 g/mol. The molecule has 1 N–H and O–H groups in total. The Kier molecular flexibility index (Phi) is 6.35. The molecule has 3 rings (SSSR count). The van der Waals surface area contributed by atoms with Gasteiger partial charge in [0.25, 0.3) is 5.91 Å². The molecule has 1 atom stereocenters. The molecule has 5 heteroatoms. The summed E-state index contributed by atoms with van der Waals surface area (Å²) in [4.78, 5) is 17.3. The van der Waals surface area contributed by atoms with Crippen molar-refractivity contribution in [3.05, 3.63) is 54.1 Å². The molecule has 5 nitrogen and oxygen atoms in total. The molecule has 2 aromatic carbocycles. The molecule has 1 aliphatic heterocycles. The van der Waals surface area contributed by atoms with Crippen LogP contribution in [-0.2, 0) is 4.79 Å². The maximum Gasteiger partial charge on any atom is 0.265 e. The highest BCUT2D eigenvalue weighted by molar-refractivity contribution is 5.94. The van der Waals surface area contributed by atoms with Crippen LogP contribution in [-0.4, -0.2) is 49.6 Å². The summed E-state index contributed by atoms with van der Waals surface area (Å²) in [5.41, 5.74) is 3.23. The molecule has 1 heterocycles. The van der Waals surface area contributed by atoms with Crippen LogP contribution in [0.25, 0.3) is 0 Å². The molecule has 0 saturated carbocycles. The molecule has 144 valence electrons. The van der Waals surface area contributed by atoms with Crippen LogP contribution in [0.1, 0.15) is 19.4 Å². The second kappa shape index (κ2) is 8.91. The zero-order valence-electron chi connectivity index (χ0n) is 16.4. The summed E-state index contributed by atoms with van der Waals surface area (Å²) >= 11 is 0. The number of nitrogens with zero attached hydrogens (tertiary/aromatic N) is 2. The summed E-state index contributed by atoms with van der Waals surface area (Å²) in [6.07, 6.45) is -0.561. The molecule has 0 aromatic heterocycles. The summed E-state index contributed by atoms with van der Waals surface area (Å²) in [7, 11) is 0. The van der Waals surface area contributed by atoms with E-state index >= 15 is 0 Å². The predicted molar refractivity (Wildman–Crippen MR) is 111 cm³/mol. The van der Waals surface area contributed by atoms with Crippen molar-refractivity contribution in [2.24, 2.45) is 0 Å². The Morgan fingerprint density at radius 2 is 1.81 bits per heavy atom. The van der Waals surface area contributed by atoms with Gasteiger partial charge in [-0.15, -0.1) is 0 Å². The number of hydrogen-bond donors (Lipinski definition) is 1. The smallest absolute Gasteiger partial charge is 0.265 e. The van der Waals surface area contributed by atoms with Crippen molar-refractivity contribution in [1.82, 2.24) is 4.90 Å². The number of carbonyl (C=O) groups excluding carboxylic acids is 1. The minimum Gasteiger partial charge on any atom is -0.481 e. The average molecular weight is 367 g/mol. The molecule has 27 heavy (non-hydrogen) atoms. The molecule has 0 unspecified atom stereocenters. The molecule has 2 aromatic rings. The fourth-order valence-electron chi connectivity index (χ4n) is 3.39. The van der Waals surface area contributed by atoms with Crippen LogP contribution in [0.3, 0.4) is 0 Å². The van der Waals surface area contributed by atoms with Crippen molar-refractivity contribution in [3.63, 3.8) is 0 Å². The highest BCUT2D eigenvalue weighted by atomic mass is 16.5. The number of hydrogen-bond acceptors (Lipinski definition) is 4. The lowest BCUT2D eigenvalue weighted by atomic mass is 10.1. The molecular formula is C22H29N3O2. The Balaban J connectivity index is 1.59. The van der Waals surface area contributed by atoms with Gasteiger partial charge in [0.05, 0.1) is 0 Å². The Morgan fingerprint density at radius 1 is 1.11 bits per heavy atom. The Hall–Kier alpha value is -2.53. The molecule has 0 radical (unpaired) electrons. The standard InChI is InChI=1S/C22H29N3O2/c1-4-24-12-14-25(15-13-24)21-11-10-19(16-17(21)2)23-22(26)18(3)27-20-8-6-5-7-9-20/h5-11,16,18H,4,12-15H2,1-3H3,(H,23,26)/t18-/m0/s1. The number of ether oxygens (including phenoxy) is 1. The van der Waals surface area contributed by atoms with Gasteiger partial charge in [0.15, 0.2) is 6.10 Å². The Bertz CT molecular complexity index is 755. The number of piperazine rings is 1. The van der Waals surface area contributed by atoms with E-state index in [1.807, 2.05) is 42.5 Å². The molecule has 1 amide bonds. The number of anilines is 2. The number of likely N-dealkylation sites (N-methyl/N-ethyl adjacent to an activating group) is 1. The number of nitrogens with one attached hydrogen (secondary N) is 1. The quantitative estimate of drug-likeness (QED) is 0.848. The number of para-hydroxylation sites is 1. The third kappa shape index (κ3) is 5.01.